The quantitative estimate of drug-likeness (QED) is 0.651. The van der Waals surface area contributed by atoms with Crippen molar-refractivity contribution in [1.82, 2.24) is 10.6 Å². The van der Waals surface area contributed by atoms with Crippen molar-refractivity contribution in [2.45, 2.75) is 25.9 Å². The first-order chi connectivity index (χ1) is 12.0. The Morgan fingerprint density at radius 2 is 1.72 bits per heavy atom. The van der Waals surface area contributed by atoms with Gasteiger partial charge < -0.3 is 10.6 Å². The van der Waals surface area contributed by atoms with Crippen molar-refractivity contribution in [2.24, 2.45) is 0 Å². The van der Waals surface area contributed by atoms with Crippen LogP contribution in [-0.4, -0.2) is 6.03 Å². The summed E-state index contributed by atoms with van der Waals surface area (Å²) in [6.45, 7) is 3.63. The summed E-state index contributed by atoms with van der Waals surface area (Å²) in [5, 5.41) is 8.79. The van der Waals surface area contributed by atoms with E-state index in [1.807, 2.05) is 36.6 Å². The molecular weight excluding hydrogens is 342 g/mol. The van der Waals surface area contributed by atoms with Gasteiger partial charge in [0.1, 0.15) is 0 Å². The van der Waals surface area contributed by atoms with E-state index in [0.717, 1.165) is 23.1 Å². The predicted octanol–water partition coefficient (Wildman–Crippen LogP) is 5.30. The largest absolute Gasteiger partial charge is 0.332 e. The number of rotatable bonds is 4. The van der Waals surface area contributed by atoms with Gasteiger partial charge in [0.05, 0.1) is 12.1 Å². The minimum absolute atomic E-state index is 0.173. The number of amides is 2. The zero-order valence-corrected chi connectivity index (χ0v) is 14.7. The number of halogens is 2. The van der Waals surface area contributed by atoms with Crippen LogP contribution in [0.2, 0.25) is 0 Å². The highest BCUT2D eigenvalue weighted by Crippen LogP contribution is 2.30. The normalized spacial score (nSPS) is 13.4. The minimum Gasteiger partial charge on any atom is -0.332 e. The maximum absolute atomic E-state index is 13.3. The molecule has 25 heavy (non-hydrogen) atoms. The van der Waals surface area contributed by atoms with Crippen molar-refractivity contribution in [3.05, 3.63) is 70.6 Å². The molecule has 0 bridgehead atoms. The Bertz CT molecular complexity index is 909. The Morgan fingerprint density at radius 1 is 1.00 bits per heavy atom. The second kappa shape index (κ2) is 7.19. The van der Waals surface area contributed by atoms with Crippen LogP contribution in [-0.2, 0) is 0 Å². The fourth-order valence-electron chi connectivity index (χ4n) is 2.71. The van der Waals surface area contributed by atoms with Crippen LogP contribution in [0.15, 0.2) is 47.8 Å². The average Bonchev–Trinajstić information content (AvgIpc) is 3.01. The van der Waals surface area contributed by atoms with Gasteiger partial charge in [-0.1, -0.05) is 24.3 Å². The highest BCUT2D eigenvalue weighted by molar-refractivity contribution is 7.17. The van der Waals surface area contributed by atoms with Crippen LogP contribution in [0.5, 0.6) is 0 Å². The topological polar surface area (TPSA) is 41.1 Å². The van der Waals surface area contributed by atoms with Crippen molar-refractivity contribution in [3.63, 3.8) is 0 Å². The number of fused-ring (bicyclic) bond motifs is 1. The molecule has 2 atom stereocenters. The van der Waals surface area contributed by atoms with Crippen LogP contribution in [0.3, 0.4) is 0 Å². The monoisotopic (exact) mass is 360 g/mol. The van der Waals surface area contributed by atoms with Crippen LogP contribution in [0.25, 0.3) is 10.1 Å². The van der Waals surface area contributed by atoms with Gasteiger partial charge in [-0.3, -0.25) is 0 Å². The number of benzene rings is 2. The highest BCUT2D eigenvalue weighted by atomic mass is 32.1. The van der Waals surface area contributed by atoms with Gasteiger partial charge in [0.25, 0.3) is 0 Å². The summed E-state index contributed by atoms with van der Waals surface area (Å²) < 4.78 is 27.5. The zero-order chi connectivity index (χ0) is 18.0. The van der Waals surface area contributed by atoms with Gasteiger partial charge in [-0.25, -0.2) is 13.6 Å². The van der Waals surface area contributed by atoms with Gasteiger partial charge in [0, 0.05) is 4.70 Å². The molecule has 0 aliphatic rings. The van der Waals surface area contributed by atoms with Crippen LogP contribution < -0.4 is 10.6 Å². The van der Waals surface area contributed by atoms with Crippen LogP contribution in [0.4, 0.5) is 13.6 Å². The lowest BCUT2D eigenvalue weighted by Gasteiger charge is -2.18. The lowest BCUT2D eigenvalue weighted by molar-refractivity contribution is 0.235. The first-order valence-electron chi connectivity index (χ1n) is 7.94. The van der Waals surface area contributed by atoms with Gasteiger partial charge in [-0.05, 0) is 53.9 Å². The molecule has 3 nitrogen and oxygen atoms in total. The number of urea groups is 1. The van der Waals surface area contributed by atoms with Gasteiger partial charge in [-0.2, -0.15) is 0 Å². The van der Waals surface area contributed by atoms with Crippen LogP contribution in [0.1, 0.15) is 37.1 Å². The summed E-state index contributed by atoms with van der Waals surface area (Å²) in [5.74, 6) is -1.83. The van der Waals surface area contributed by atoms with E-state index in [2.05, 4.69) is 10.6 Å². The SMILES string of the molecule is CC(NC(=O)NC(C)c1csc2ccccc12)c1ccc(F)c(F)c1. The summed E-state index contributed by atoms with van der Waals surface area (Å²) >= 11 is 1.63. The molecule has 0 aliphatic carbocycles. The summed E-state index contributed by atoms with van der Waals surface area (Å²) in [7, 11) is 0. The molecule has 130 valence electrons. The van der Waals surface area contributed by atoms with Crippen LogP contribution >= 0.6 is 11.3 Å². The number of hydrogen-bond acceptors (Lipinski definition) is 2. The van der Waals surface area contributed by atoms with E-state index in [9.17, 15) is 13.6 Å². The number of carbonyl (C=O) groups is 1. The summed E-state index contributed by atoms with van der Waals surface area (Å²) in [6, 6.07) is 10.7. The van der Waals surface area contributed by atoms with Crippen molar-refractivity contribution in [2.75, 3.05) is 0 Å². The smallest absolute Gasteiger partial charge is 0.315 e. The third kappa shape index (κ3) is 3.79. The van der Waals surface area contributed by atoms with Crippen molar-refractivity contribution in [3.8, 4) is 0 Å². The molecule has 6 heteroatoms. The maximum atomic E-state index is 13.3. The molecule has 3 aromatic rings. The van der Waals surface area contributed by atoms with E-state index in [1.165, 1.54) is 10.8 Å². The van der Waals surface area contributed by atoms with Crippen molar-refractivity contribution >= 4 is 27.5 Å². The molecule has 0 saturated heterocycles. The second-order valence-electron chi connectivity index (χ2n) is 5.92. The lowest BCUT2D eigenvalue weighted by atomic mass is 10.1. The maximum Gasteiger partial charge on any atom is 0.315 e. The standard InChI is InChI=1S/C19H18F2N2OS/c1-11(13-7-8-16(20)17(21)9-13)22-19(24)23-12(2)15-10-25-18-6-4-3-5-14(15)18/h3-12H,1-2H3,(H2,22,23,24). The van der Waals surface area contributed by atoms with E-state index in [1.54, 1.807) is 18.3 Å². The number of hydrogen-bond donors (Lipinski definition) is 2. The van der Waals surface area contributed by atoms with Crippen molar-refractivity contribution < 1.29 is 13.6 Å². The number of carbonyl (C=O) groups excluding carboxylic acids is 1. The molecule has 0 fully saturated rings. The van der Waals surface area contributed by atoms with E-state index in [-0.39, 0.29) is 12.1 Å². The molecule has 1 aromatic heterocycles. The number of nitrogens with one attached hydrogen (secondary N) is 2. The first kappa shape index (κ1) is 17.4. The third-order valence-electron chi connectivity index (χ3n) is 4.12. The molecule has 0 radical (unpaired) electrons. The van der Waals surface area contributed by atoms with Crippen LogP contribution in [0, 0.1) is 11.6 Å². The Kier molecular flexibility index (Phi) is 4.99. The molecule has 0 spiro atoms. The highest BCUT2D eigenvalue weighted by Gasteiger charge is 2.16. The van der Waals surface area contributed by atoms with Gasteiger partial charge in [0.15, 0.2) is 11.6 Å². The molecular formula is C19H18F2N2OS. The molecule has 3 rings (SSSR count). The van der Waals surface area contributed by atoms with E-state index >= 15 is 0 Å². The van der Waals surface area contributed by atoms with E-state index in [4.69, 9.17) is 0 Å². The van der Waals surface area contributed by atoms with E-state index < -0.39 is 17.7 Å². The van der Waals surface area contributed by atoms with E-state index in [0.29, 0.717) is 5.56 Å². The third-order valence-corrected chi connectivity index (χ3v) is 5.10. The molecule has 2 aromatic carbocycles. The molecule has 2 N–H and O–H groups in total. The average molecular weight is 360 g/mol. The number of thiophene rings is 1. The van der Waals surface area contributed by atoms with Gasteiger partial charge in [0.2, 0.25) is 0 Å². The van der Waals surface area contributed by atoms with Crippen molar-refractivity contribution in [1.29, 1.82) is 0 Å². The molecule has 0 saturated carbocycles. The molecule has 2 amide bonds. The Morgan fingerprint density at radius 3 is 2.48 bits per heavy atom. The predicted molar refractivity (Wildman–Crippen MR) is 96.7 cm³/mol. The Labute approximate surface area is 148 Å². The minimum atomic E-state index is -0.926. The first-order valence-corrected chi connectivity index (χ1v) is 8.82. The lowest BCUT2D eigenvalue weighted by Crippen LogP contribution is -2.38. The van der Waals surface area contributed by atoms with Gasteiger partial charge in [-0.15, -0.1) is 11.3 Å². The Hall–Kier alpha value is -2.47. The fraction of sp³-hybridized carbons (Fsp3) is 0.211. The second-order valence-corrected chi connectivity index (χ2v) is 6.83. The molecule has 2 unspecified atom stereocenters. The zero-order valence-electron chi connectivity index (χ0n) is 13.8. The molecule has 0 aliphatic heterocycles. The molecule has 1 heterocycles. The summed E-state index contributed by atoms with van der Waals surface area (Å²) in [5.41, 5.74) is 1.55. The summed E-state index contributed by atoms with van der Waals surface area (Å²) in [4.78, 5) is 12.2. The fourth-order valence-corrected chi connectivity index (χ4v) is 3.77. The Balaban J connectivity index is 1.66. The summed E-state index contributed by atoms with van der Waals surface area (Å²) in [6.07, 6.45) is 0. The van der Waals surface area contributed by atoms with Gasteiger partial charge >= 0.3 is 6.03 Å².